The SMILES string of the molecule is [B][C@@H]1O[C@@]2(CO)CCC(C#C)([C@H]1O)[C@@H]2O. The fourth-order valence-electron chi connectivity index (χ4n) is 2.66. The Morgan fingerprint density at radius 1 is 1.47 bits per heavy atom. The Hall–Kier alpha value is -0.535. The third-order valence-corrected chi connectivity index (χ3v) is 3.69. The van der Waals surface area contributed by atoms with E-state index < -0.39 is 29.2 Å². The van der Waals surface area contributed by atoms with Gasteiger partial charge < -0.3 is 20.1 Å². The van der Waals surface area contributed by atoms with Gasteiger partial charge in [0.05, 0.1) is 18.1 Å². The third kappa shape index (κ3) is 1.14. The molecule has 0 aromatic carbocycles. The largest absolute Gasteiger partial charge is 0.393 e. The first kappa shape index (κ1) is 11.0. The van der Waals surface area contributed by atoms with E-state index in [0.29, 0.717) is 12.8 Å². The number of hydrogen-bond acceptors (Lipinski definition) is 4. The van der Waals surface area contributed by atoms with Crippen molar-refractivity contribution >= 4 is 7.85 Å². The molecule has 1 saturated heterocycles. The first-order valence-corrected chi connectivity index (χ1v) is 4.90. The van der Waals surface area contributed by atoms with E-state index in [9.17, 15) is 15.3 Å². The molecule has 1 aliphatic carbocycles. The van der Waals surface area contributed by atoms with Gasteiger partial charge in [0.1, 0.15) is 19.6 Å². The van der Waals surface area contributed by atoms with Crippen molar-refractivity contribution in [3.63, 3.8) is 0 Å². The Morgan fingerprint density at radius 2 is 2.13 bits per heavy atom. The summed E-state index contributed by atoms with van der Waals surface area (Å²) in [6, 6.07) is -0.959. The van der Waals surface area contributed by atoms with Crippen LogP contribution in [0.15, 0.2) is 0 Å². The molecule has 80 valence electrons. The monoisotopic (exact) mass is 208 g/mol. The summed E-state index contributed by atoms with van der Waals surface area (Å²) in [5.41, 5.74) is -2.19. The van der Waals surface area contributed by atoms with Gasteiger partial charge in [-0.2, -0.15) is 0 Å². The molecule has 0 amide bonds. The van der Waals surface area contributed by atoms with Gasteiger partial charge in [-0.05, 0) is 12.8 Å². The number of aliphatic hydroxyl groups is 3. The number of fused-ring (bicyclic) bond motifs is 2. The Kier molecular flexibility index (Phi) is 2.36. The van der Waals surface area contributed by atoms with Gasteiger partial charge >= 0.3 is 0 Å². The van der Waals surface area contributed by atoms with Crippen molar-refractivity contribution in [2.75, 3.05) is 6.61 Å². The fraction of sp³-hybridized carbons (Fsp3) is 0.800. The minimum atomic E-state index is -1.11. The number of rotatable bonds is 1. The molecule has 1 heterocycles. The summed E-state index contributed by atoms with van der Waals surface area (Å²) in [6.07, 6.45) is 4.00. The van der Waals surface area contributed by atoms with Crippen LogP contribution in [0.4, 0.5) is 0 Å². The maximum atomic E-state index is 10.1. The van der Waals surface area contributed by atoms with Crippen LogP contribution in [-0.2, 0) is 4.74 Å². The van der Waals surface area contributed by atoms with Crippen molar-refractivity contribution in [2.24, 2.45) is 5.41 Å². The maximum absolute atomic E-state index is 10.1. The smallest absolute Gasteiger partial charge is 0.118 e. The van der Waals surface area contributed by atoms with Crippen LogP contribution in [0.2, 0.25) is 0 Å². The normalized spacial score (nSPS) is 53.9. The summed E-state index contributed by atoms with van der Waals surface area (Å²) in [7, 11) is 5.59. The molecule has 0 aromatic rings. The van der Waals surface area contributed by atoms with Crippen LogP contribution in [0.3, 0.4) is 0 Å². The van der Waals surface area contributed by atoms with Gasteiger partial charge in [0.15, 0.2) is 0 Å². The highest BCUT2D eigenvalue weighted by Crippen LogP contribution is 2.52. The summed E-state index contributed by atoms with van der Waals surface area (Å²) >= 11 is 0. The topological polar surface area (TPSA) is 69.9 Å². The van der Waals surface area contributed by atoms with Crippen molar-refractivity contribution in [1.29, 1.82) is 0 Å². The van der Waals surface area contributed by atoms with E-state index in [1.54, 1.807) is 0 Å². The van der Waals surface area contributed by atoms with E-state index in [0.717, 1.165) is 0 Å². The standard InChI is InChI=1S/C10H13BO4/c1-2-9-3-4-10(5-12,8(9)14)15-7(11)6(9)13/h1,6-8,12-14H,3-5H2/t6-,7+,8-,9?,10+/m0/s1. The summed E-state index contributed by atoms with van der Waals surface area (Å²) < 4.78 is 5.30. The van der Waals surface area contributed by atoms with Crippen LogP contribution in [0, 0.1) is 17.8 Å². The first-order chi connectivity index (χ1) is 7.02. The lowest BCUT2D eigenvalue weighted by atomic mass is 9.69. The lowest BCUT2D eigenvalue weighted by Crippen LogP contribution is -2.63. The molecule has 2 fully saturated rings. The summed E-state index contributed by atoms with van der Waals surface area (Å²) in [5, 5.41) is 29.2. The zero-order chi connectivity index (χ0) is 11.3. The molecule has 2 rings (SSSR count). The minimum absolute atomic E-state index is 0.349. The second kappa shape index (κ2) is 3.23. The van der Waals surface area contributed by atoms with E-state index >= 15 is 0 Å². The molecule has 2 aliphatic rings. The van der Waals surface area contributed by atoms with Crippen molar-refractivity contribution in [3.05, 3.63) is 0 Å². The van der Waals surface area contributed by atoms with Crippen molar-refractivity contribution < 1.29 is 20.1 Å². The number of hydrogen-bond donors (Lipinski definition) is 3. The first-order valence-electron chi connectivity index (χ1n) is 4.90. The van der Waals surface area contributed by atoms with E-state index in [1.165, 1.54) is 0 Å². The second-order valence-electron chi connectivity index (χ2n) is 4.34. The summed E-state index contributed by atoms with van der Waals surface area (Å²) in [4.78, 5) is 0. The Balaban J connectivity index is 2.44. The summed E-state index contributed by atoms with van der Waals surface area (Å²) in [5.74, 6) is 2.43. The highest BCUT2D eigenvalue weighted by atomic mass is 16.5. The zero-order valence-corrected chi connectivity index (χ0v) is 8.26. The van der Waals surface area contributed by atoms with Crippen LogP contribution < -0.4 is 0 Å². The molecule has 3 N–H and O–H groups in total. The maximum Gasteiger partial charge on any atom is 0.118 e. The zero-order valence-electron chi connectivity index (χ0n) is 8.26. The lowest BCUT2D eigenvalue weighted by molar-refractivity contribution is -0.229. The molecular weight excluding hydrogens is 195 g/mol. The number of terminal acetylenes is 1. The van der Waals surface area contributed by atoms with Crippen LogP contribution in [0.5, 0.6) is 0 Å². The van der Waals surface area contributed by atoms with Crippen LogP contribution in [0.25, 0.3) is 0 Å². The quantitative estimate of drug-likeness (QED) is 0.357. The molecule has 4 nitrogen and oxygen atoms in total. The molecule has 0 aromatic heterocycles. The average molecular weight is 208 g/mol. The van der Waals surface area contributed by atoms with E-state index in [2.05, 4.69) is 5.92 Å². The Morgan fingerprint density at radius 3 is 2.67 bits per heavy atom. The van der Waals surface area contributed by atoms with Gasteiger partial charge in [-0.15, -0.1) is 6.42 Å². The lowest BCUT2D eigenvalue weighted by Gasteiger charge is -2.47. The minimum Gasteiger partial charge on any atom is -0.393 e. The number of ether oxygens (including phenoxy) is 1. The Bertz CT molecular complexity index is 315. The van der Waals surface area contributed by atoms with Crippen molar-refractivity contribution in [1.82, 2.24) is 0 Å². The second-order valence-corrected chi connectivity index (χ2v) is 4.34. The highest BCUT2D eigenvalue weighted by Gasteiger charge is 2.65. The van der Waals surface area contributed by atoms with Gasteiger partial charge in [0.25, 0.3) is 0 Å². The number of aliphatic hydroxyl groups excluding tert-OH is 3. The van der Waals surface area contributed by atoms with E-state index in [4.69, 9.17) is 19.0 Å². The van der Waals surface area contributed by atoms with Gasteiger partial charge in [-0.1, -0.05) is 5.92 Å². The van der Waals surface area contributed by atoms with Crippen LogP contribution in [-0.4, -0.2) is 53.6 Å². The predicted octanol–water partition coefficient (Wildman–Crippen LogP) is -1.62. The van der Waals surface area contributed by atoms with Crippen LogP contribution in [0.1, 0.15) is 12.8 Å². The molecule has 5 heteroatoms. The highest BCUT2D eigenvalue weighted by molar-refractivity contribution is 6.11. The van der Waals surface area contributed by atoms with Gasteiger partial charge in [-0.25, -0.2) is 0 Å². The molecule has 15 heavy (non-hydrogen) atoms. The van der Waals surface area contributed by atoms with Crippen molar-refractivity contribution in [3.8, 4) is 12.3 Å². The molecular formula is C10H13BO4. The van der Waals surface area contributed by atoms with E-state index in [1.807, 2.05) is 0 Å². The molecule has 2 bridgehead atoms. The van der Waals surface area contributed by atoms with Gasteiger partial charge in [0, 0.05) is 6.00 Å². The fourth-order valence-corrected chi connectivity index (χ4v) is 2.66. The van der Waals surface area contributed by atoms with Crippen molar-refractivity contribution in [2.45, 2.75) is 36.7 Å². The van der Waals surface area contributed by atoms with Gasteiger partial charge in [0.2, 0.25) is 0 Å². The summed E-state index contributed by atoms with van der Waals surface area (Å²) in [6.45, 7) is -0.349. The molecule has 2 radical (unpaired) electrons. The molecule has 1 aliphatic heterocycles. The Labute approximate surface area is 89.7 Å². The van der Waals surface area contributed by atoms with Crippen LogP contribution >= 0.6 is 0 Å². The predicted molar refractivity (Wildman–Crippen MR) is 53.0 cm³/mol. The third-order valence-electron chi connectivity index (χ3n) is 3.69. The molecule has 1 saturated carbocycles. The molecule has 1 unspecified atom stereocenters. The average Bonchev–Trinajstić information content (AvgIpc) is 2.46. The molecule has 0 spiro atoms. The van der Waals surface area contributed by atoms with E-state index in [-0.39, 0.29) is 6.61 Å². The van der Waals surface area contributed by atoms with Gasteiger partial charge in [-0.3, -0.25) is 0 Å². The molecule has 5 atom stereocenters.